The fourth-order valence-corrected chi connectivity index (χ4v) is 2.25. The van der Waals surface area contributed by atoms with Gasteiger partial charge in [0, 0.05) is 18.4 Å². The lowest BCUT2D eigenvalue weighted by Gasteiger charge is -2.35. The normalized spacial score (nSPS) is 16.9. The highest BCUT2D eigenvalue weighted by Crippen LogP contribution is 2.33. The Kier molecular flexibility index (Phi) is 3.20. The van der Waals surface area contributed by atoms with Gasteiger partial charge in [0.25, 0.3) is 0 Å². The predicted molar refractivity (Wildman–Crippen MR) is 74.3 cm³/mol. The Balaban J connectivity index is 2.02. The van der Waals surface area contributed by atoms with Crippen LogP contribution in [-0.4, -0.2) is 22.6 Å². The first-order valence-corrected chi connectivity index (χ1v) is 6.39. The fraction of sp³-hybridized carbons (Fsp3) is 0.214. The molecule has 3 rings (SSSR count). The van der Waals surface area contributed by atoms with Crippen LogP contribution in [0.4, 0.5) is 16.3 Å². The number of ether oxygens (including phenoxy) is 1. The monoisotopic (exact) mass is 270 g/mol. The maximum absolute atomic E-state index is 11.7. The molecule has 1 amide bonds. The van der Waals surface area contributed by atoms with E-state index in [1.54, 1.807) is 6.20 Å². The minimum absolute atomic E-state index is 0.496. The van der Waals surface area contributed by atoms with Gasteiger partial charge in [-0.1, -0.05) is 18.2 Å². The van der Waals surface area contributed by atoms with Gasteiger partial charge in [0.1, 0.15) is 12.1 Å². The van der Waals surface area contributed by atoms with Crippen LogP contribution in [0.3, 0.4) is 0 Å². The molecule has 1 N–H and O–H groups in total. The van der Waals surface area contributed by atoms with Gasteiger partial charge in [-0.05, 0) is 19.1 Å². The summed E-state index contributed by atoms with van der Waals surface area (Å²) in [5.74, 6) is 0.496. The van der Waals surface area contributed by atoms with Gasteiger partial charge in [-0.3, -0.25) is 5.32 Å². The molecule has 1 aliphatic rings. The number of rotatable bonds is 3. The molecule has 2 heterocycles. The summed E-state index contributed by atoms with van der Waals surface area (Å²) >= 11 is 0. The molecule has 102 valence electrons. The van der Waals surface area contributed by atoms with E-state index >= 15 is 0 Å². The Morgan fingerprint density at radius 1 is 1.35 bits per heavy atom. The number of carbonyl (C=O) groups excluding carboxylic acids is 1. The Morgan fingerprint density at radius 3 is 2.90 bits per heavy atom. The Hall–Kier alpha value is -2.63. The molecular formula is C14H14N4O2. The summed E-state index contributed by atoms with van der Waals surface area (Å²) in [6.07, 6.45) is 2.04. The van der Waals surface area contributed by atoms with E-state index in [2.05, 4.69) is 15.3 Å². The van der Waals surface area contributed by atoms with Crippen LogP contribution in [0.1, 0.15) is 18.7 Å². The van der Waals surface area contributed by atoms with Crippen LogP contribution in [0.25, 0.3) is 0 Å². The van der Waals surface area contributed by atoms with E-state index < -0.39 is 12.3 Å². The molecule has 6 nitrogen and oxygen atoms in total. The fourth-order valence-electron chi connectivity index (χ4n) is 2.25. The molecule has 1 aliphatic heterocycles. The van der Waals surface area contributed by atoms with Gasteiger partial charge >= 0.3 is 6.09 Å². The van der Waals surface area contributed by atoms with Crippen molar-refractivity contribution in [2.45, 2.75) is 13.2 Å². The van der Waals surface area contributed by atoms with Crippen molar-refractivity contribution in [1.29, 1.82) is 0 Å². The topological polar surface area (TPSA) is 67.3 Å². The highest BCUT2D eigenvalue weighted by atomic mass is 16.6. The molecule has 1 unspecified atom stereocenters. The highest BCUT2D eigenvalue weighted by molar-refractivity contribution is 5.86. The molecular weight excluding hydrogens is 256 g/mol. The molecule has 0 saturated carbocycles. The third kappa shape index (κ3) is 2.16. The molecule has 6 heteroatoms. The standard InChI is InChI=1S/C14H14N4O2/c1-2-18(10-6-4-3-5-7-10)13-11-8-15-9-16-12(11)17-14(19)20-13/h3-9,13H,2H2,1H3,(H,15,16,17,19). The van der Waals surface area contributed by atoms with Crippen LogP contribution >= 0.6 is 0 Å². The third-order valence-electron chi connectivity index (χ3n) is 3.16. The van der Waals surface area contributed by atoms with Gasteiger partial charge in [0.05, 0.1) is 5.56 Å². The van der Waals surface area contributed by atoms with Crippen molar-refractivity contribution in [1.82, 2.24) is 9.97 Å². The summed E-state index contributed by atoms with van der Waals surface area (Å²) in [7, 11) is 0. The number of amides is 1. The van der Waals surface area contributed by atoms with Crippen molar-refractivity contribution in [2.75, 3.05) is 16.8 Å². The number of nitrogens with zero attached hydrogens (tertiary/aromatic N) is 3. The van der Waals surface area contributed by atoms with Crippen LogP contribution in [0.2, 0.25) is 0 Å². The number of nitrogens with one attached hydrogen (secondary N) is 1. The molecule has 0 aliphatic carbocycles. The van der Waals surface area contributed by atoms with Crippen LogP contribution in [0.5, 0.6) is 0 Å². The minimum Gasteiger partial charge on any atom is -0.421 e. The molecule has 1 aromatic carbocycles. The largest absolute Gasteiger partial charge is 0.421 e. The van der Waals surface area contributed by atoms with E-state index in [0.29, 0.717) is 12.4 Å². The minimum atomic E-state index is -0.521. The van der Waals surface area contributed by atoms with Gasteiger partial charge < -0.3 is 9.64 Å². The molecule has 0 bridgehead atoms. The average molecular weight is 270 g/mol. The van der Waals surface area contributed by atoms with Crippen LogP contribution < -0.4 is 10.2 Å². The smallest absolute Gasteiger partial charge is 0.415 e. The zero-order chi connectivity index (χ0) is 13.9. The highest BCUT2D eigenvalue weighted by Gasteiger charge is 2.31. The number of anilines is 2. The molecule has 0 spiro atoms. The van der Waals surface area contributed by atoms with E-state index in [0.717, 1.165) is 11.3 Å². The van der Waals surface area contributed by atoms with Crippen molar-refractivity contribution in [2.24, 2.45) is 0 Å². The maximum atomic E-state index is 11.7. The van der Waals surface area contributed by atoms with Gasteiger partial charge in [-0.2, -0.15) is 0 Å². The number of aromatic nitrogens is 2. The van der Waals surface area contributed by atoms with Gasteiger partial charge in [-0.15, -0.1) is 0 Å². The second kappa shape index (κ2) is 5.16. The summed E-state index contributed by atoms with van der Waals surface area (Å²) in [6, 6.07) is 9.79. The first-order chi connectivity index (χ1) is 9.79. The lowest BCUT2D eigenvalue weighted by atomic mass is 10.2. The van der Waals surface area contributed by atoms with Crippen LogP contribution in [0, 0.1) is 0 Å². The molecule has 2 aromatic rings. The van der Waals surface area contributed by atoms with E-state index in [4.69, 9.17) is 4.74 Å². The summed E-state index contributed by atoms with van der Waals surface area (Å²) in [5.41, 5.74) is 1.72. The number of hydrogen-bond donors (Lipinski definition) is 1. The van der Waals surface area contributed by atoms with Crippen molar-refractivity contribution in [3.05, 3.63) is 48.4 Å². The second-order valence-corrected chi connectivity index (χ2v) is 4.33. The van der Waals surface area contributed by atoms with Gasteiger partial charge in [-0.25, -0.2) is 14.8 Å². The zero-order valence-electron chi connectivity index (χ0n) is 11.0. The number of fused-ring (bicyclic) bond motifs is 1. The Bertz CT molecular complexity index is 618. The summed E-state index contributed by atoms with van der Waals surface area (Å²) < 4.78 is 5.42. The average Bonchev–Trinajstić information content (AvgIpc) is 2.49. The van der Waals surface area contributed by atoms with Crippen molar-refractivity contribution >= 4 is 17.6 Å². The maximum Gasteiger partial charge on any atom is 0.415 e. The van der Waals surface area contributed by atoms with E-state index in [1.165, 1.54) is 6.33 Å². The summed E-state index contributed by atoms with van der Waals surface area (Å²) in [5, 5.41) is 2.58. The SMILES string of the molecule is CCN(c1ccccc1)C1OC(=O)Nc2ncncc21. The number of carbonyl (C=O) groups is 1. The molecule has 0 radical (unpaired) electrons. The van der Waals surface area contributed by atoms with Gasteiger partial charge in [0.15, 0.2) is 0 Å². The molecule has 0 fully saturated rings. The van der Waals surface area contributed by atoms with Crippen molar-refractivity contribution in [3.8, 4) is 0 Å². The van der Waals surface area contributed by atoms with Crippen LogP contribution in [-0.2, 0) is 4.74 Å². The number of para-hydroxylation sites is 1. The lowest BCUT2D eigenvalue weighted by Crippen LogP contribution is -2.37. The van der Waals surface area contributed by atoms with Crippen molar-refractivity contribution in [3.63, 3.8) is 0 Å². The van der Waals surface area contributed by atoms with Crippen LogP contribution in [0.15, 0.2) is 42.9 Å². The number of benzene rings is 1. The van der Waals surface area contributed by atoms with Crippen molar-refractivity contribution < 1.29 is 9.53 Å². The number of cyclic esters (lactones) is 1. The molecule has 1 aromatic heterocycles. The summed E-state index contributed by atoms with van der Waals surface area (Å²) in [4.78, 5) is 21.7. The van der Waals surface area contributed by atoms with E-state index in [1.807, 2.05) is 42.2 Å². The second-order valence-electron chi connectivity index (χ2n) is 4.33. The zero-order valence-corrected chi connectivity index (χ0v) is 11.0. The van der Waals surface area contributed by atoms with E-state index in [9.17, 15) is 4.79 Å². The molecule has 20 heavy (non-hydrogen) atoms. The Morgan fingerprint density at radius 2 is 2.15 bits per heavy atom. The first kappa shape index (κ1) is 12.4. The van der Waals surface area contributed by atoms with Gasteiger partial charge in [0.2, 0.25) is 6.23 Å². The third-order valence-corrected chi connectivity index (χ3v) is 3.16. The Labute approximate surface area is 116 Å². The first-order valence-electron chi connectivity index (χ1n) is 6.39. The van der Waals surface area contributed by atoms with E-state index in [-0.39, 0.29) is 0 Å². The predicted octanol–water partition coefficient (Wildman–Crippen LogP) is 2.56. The quantitative estimate of drug-likeness (QED) is 0.928. The molecule has 0 saturated heterocycles. The molecule has 1 atom stereocenters. The number of hydrogen-bond acceptors (Lipinski definition) is 5. The lowest BCUT2D eigenvalue weighted by molar-refractivity contribution is 0.103. The summed E-state index contributed by atoms with van der Waals surface area (Å²) in [6.45, 7) is 2.70.